The van der Waals surface area contributed by atoms with Gasteiger partial charge in [-0.3, -0.25) is 9.89 Å². The summed E-state index contributed by atoms with van der Waals surface area (Å²) in [6, 6.07) is 4.58. The molecule has 2 heterocycles. The predicted octanol–water partition coefficient (Wildman–Crippen LogP) is 2.20. The number of alkyl carbamates (subject to hydrolysis) is 1. The van der Waals surface area contributed by atoms with Gasteiger partial charge in [-0.1, -0.05) is 6.07 Å². The molecule has 1 aromatic heterocycles. The van der Waals surface area contributed by atoms with E-state index in [2.05, 4.69) is 43.4 Å². The van der Waals surface area contributed by atoms with E-state index in [4.69, 9.17) is 9.47 Å². The van der Waals surface area contributed by atoms with Gasteiger partial charge in [-0.15, -0.1) is 11.3 Å². The Morgan fingerprint density at radius 2 is 2.00 bits per heavy atom. The van der Waals surface area contributed by atoms with Crippen LogP contribution < -0.4 is 16.0 Å². The molecule has 164 valence electrons. The molecule has 1 atom stereocenters. The Labute approximate surface area is 178 Å². The minimum atomic E-state index is -0.478. The highest BCUT2D eigenvalue weighted by atomic mass is 32.1. The maximum atomic E-state index is 11.6. The highest BCUT2D eigenvalue weighted by molar-refractivity contribution is 7.10. The molecule has 0 bridgehead atoms. The third kappa shape index (κ3) is 9.01. The fourth-order valence-corrected chi connectivity index (χ4v) is 3.85. The van der Waals surface area contributed by atoms with Gasteiger partial charge >= 0.3 is 6.09 Å². The predicted molar refractivity (Wildman–Crippen MR) is 118 cm³/mol. The van der Waals surface area contributed by atoms with Crippen molar-refractivity contribution in [3.63, 3.8) is 0 Å². The summed E-state index contributed by atoms with van der Waals surface area (Å²) < 4.78 is 10.7. The standard InChI is InChI=1S/C20H35N5O3S/c1-20(2,3)28-19(26)23-9-6-8-22-18(21-4)24-15-16(17-7-5-14-29-17)25-10-12-27-13-11-25/h5,7,14,16H,6,8-13,15H2,1-4H3,(H,23,26)(H2,21,22,24). The summed E-state index contributed by atoms with van der Waals surface area (Å²) in [4.78, 5) is 19.8. The highest BCUT2D eigenvalue weighted by Crippen LogP contribution is 2.25. The van der Waals surface area contributed by atoms with Crippen molar-refractivity contribution in [1.29, 1.82) is 0 Å². The fourth-order valence-electron chi connectivity index (χ4n) is 2.99. The average Bonchev–Trinajstić information content (AvgIpc) is 3.20. The number of nitrogens with zero attached hydrogens (tertiary/aromatic N) is 2. The van der Waals surface area contributed by atoms with Crippen molar-refractivity contribution in [2.45, 2.75) is 38.8 Å². The van der Waals surface area contributed by atoms with Crippen LogP contribution in [0.4, 0.5) is 4.79 Å². The molecule has 1 fully saturated rings. The topological polar surface area (TPSA) is 87.2 Å². The van der Waals surface area contributed by atoms with Gasteiger partial charge in [0, 0.05) is 44.6 Å². The Balaban J connectivity index is 1.72. The minimum absolute atomic E-state index is 0.297. The van der Waals surface area contributed by atoms with Crippen LogP contribution in [0.3, 0.4) is 0 Å². The van der Waals surface area contributed by atoms with Gasteiger partial charge in [-0.2, -0.15) is 0 Å². The third-order valence-corrected chi connectivity index (χ3v) is 5.33. The highest BCUT2D eigenvalue weighted by Gasteiger charge is 2.23. The molecule has 2 rings (SSSR count). The fraction of sp³-hybridized carbons (Fsp3) is 0.700. The largest absolute Gasteiger partial charge is 0.444 e. The molecule has 3 N–H and O–H groups in total. The van der Waals surface area contributed by atoms with Crippen LogP contribution in [0.25, 0.3) is 0 Å². The number of hydrogen-bond donors (Lipinski definition) is 3. The molecule has 8 nitrogen and oxygen atoms in total. The van der Waals surface area contributed by atoms with Crippen molar-refractivity contribution in [3.05, 3.63) is 22.4 Å². The van der Waals surface area contributed by atoms with Gasteiger partial charge in [0.05, 0.1) is 19.3 Å². The molecule has 1 aliphatic heterocycles. The first-order valence-electron chi connectivity index (χ1n) is 10.2. The second-order valence-corrected chi connectivity index (χ2v) is 8.82. The number of carbonyl (C=O) groups is 1. The van der Waals surface area contributed by atoms with Crippen LogP contribution in [0.1, 0.15) is 38.1 Å². The maximum absolute atomic E-state index is 11.6. The van der Waals surface area contributed by atoms with Gasteiger partial charge in [0.2, 0.25) is 0 Å². The molecule has 1 aromatic rings. The summed E-state index contributed by atoms with van der Waals surface area (Å²) in [6.07, 6.45) is 0.391. The first kappa shape index (κ1) is 23.4. The third-order valence-electron chi connectivity index (χ3n) is 4.36. The van der Waals surface area contributed by atoms with E-state index in [0.29, 0.717) is 19.1 Å². The van der Waals surface area contributed by atoms with Crippen molar-refractivity contribution >= 4 is 23.4 Å². The molecule has 0 saturated carbocycles. The van der Waals surface area contributed by atoms with Crippen molar-refractivity contribution in [2.75, 3.05) is 53.0 Å². The van der Waals surface area contributed by atoms with Gasteiger partial charge < -0.3 is 25.4 Å². The summed E-state index contributed by atoms with van der Waals surface area (Å²) in [6.45, 7) is 11.0. The van der Waals surface area contributed by atoms with E-state index in [1.807, 2.05) is 20.8 Å². The quantitative estimate of drug-likeness (QED) is 0.336. The van der Waals surface area contributed by atoms with Crippen LogP contribution >= 0.6 is 11.3 Å². The van der Waals surface area contributed by atoms with Crippen LogP contribution in [0, 0.1) is 0 Å². The molecule has 29 heavy (non-hydrogen) atoms. The van der Waals surface area contributed by atoms with E-state index < -0.39 is 5.60 Å². The van der Waals surface area contributed by atoms with Crippen LogP contribution in [0.5, 0.6) is 0 Å². The second kappa shape index (κ2) is 12.0. The number of rotatable bonds is 8. The zero-order chi connectivity index (χ0) is 21.1. The lowest BCUT2D eigenvalue weighted by molar-refractivity contribution is 0.0177. The summed E-state index contributed by atoms with van der Waals surface area (Å²) >= 11 is 1.78. The van der Waals surface area contributed by atoms with Crippen molar-refractivity contribution in [1.82, 2.24) is 20.9 Å². The lowest BCUT2D eigenvalue weighted by Gasteiger charge is -2.34. The van der Waals surface area contributed by atoms with Crippen LogP contribution in [0.15, 0.2) is 22.5 Å². The van der Waals surface area contributed by atoms with E-state index in [1.54, 1.807) is 18.4 Å². The number of guanidine groups is 1. The van der Waals surface area contributed by atoms with Crippen molar-refractivity contribution in [2.24, 2.45) is 4.99 Å². The number of carbonyl (C=O) groups excluding carboxylic acids is 1. The smallest absolute Gasteiger partial charge is 0.407 e. The van der Waals surface area contributed by atoms with Gasteiger partial charge in [0.25, 0.3) is 0 Å². The normalized spacial score (nSPS) is 16.9. The monoisotopic (exact) mass is 425 g/mol. The molecule has 0 aliphatic carbocycles. The van der Waals surface area contributed by atoms with Crippen LogP contribution in [-0.2, 0) is 9.47 Å². The molecular formula is C20H35N5O3S. The van der Waals surface area contributed by atoms with E-state index in [9.17, 15) is 4.79 Å². The summed E-state index contributed by atoms with van der Waals surface area (Å²) in [5.74, 6) is 0.761. The average molecular weight is 426 g/mol. The van der Waals surface area contributed by atoms with E-state index in [-0.39, 0.29) is 6.09 Å². The number of aliphatic imine (C=N–C) groups is 1. The molecule has 1 unspecified atom stereocenters. The molecule has 9 heteroatoms. The lowest BCUT2D eigenvalue weighted by atomic mass is 10.2. The van der Waals surface area contributed by atoms with Crippen LogP contribution in [-0.4, -0.2) is 75.5 Å². The Morgan fingerprint density at radius 1 is 1.28 bits per heavy atom. The summed E-state index contributed by atoms with van der Waals surface area (Å²) in [7, 11) is 1.77. The number of thiophene rings is 1. The first-order valence-corrected chi connectivity index (χ1v) is 11.0. The maximum Gasteiger partial charge on any atom is 0.407 e. The SMILES string of the molecule is CN=C(NCCCNC(=O)OC(C)(C)C)NCC(c1cccs1)N1CCOCC1. The first-order chi connectivity index (χ1) is 13.9. The molecule has 1 saturated heterocycles. The van der Waals surface area contributed by atoms with Gasteiger partial charge in [-0.05, 0) is 38.6 Å². The Hall–Kier alpha value is -1.84. The number of nitrogens with one attached hydrogen (secondary N) is 3. The second-order valence-electron chi connectivity index (χ2n) is 7.84. The summed E-state index contributed by atoms with van der Waals surface area (Å²) in [5.41, 5.74) is -0.478. The molecule has 0 radical (unpaired) electrons. The Bertz CT molecular complexity index is 625. The number of ether oxygens (including phenoxy) is 2. The van der Waals surface area contributed by atoms with E-state index in [0.717, 1.165) is 45.2 Å². The van der Waals surface area contributed by atoms with Gasteiger partial charge in [-0.25, -0.2) is 4.79 Å². The van der Waals surface area contributed by atoms with Gasteiger partial charge in [0.15, 0.2) is 5.96 Å². The number of amides is 1. The molecular weight excluding hydrogens is 390 g/mol. The molecule has 1 amide bonds. The lowest BCUT2D eigenvalue weighted by Crippen LogP contribution is -2.46. The van der Waals surface area contributed by atoms with Gasteiger partial charge in [0.1, 0.15) is 5.60 Å². The molecule has 0 aromatic carbocycles. The minimum Gasteiger partial charge on any atom is -0.444 e. The molecule has 0 spiro atoms. The molecule has 1 aliphatic rings. The Kier molecular flexibility index (Phi) is 9.69. The van der Waals surface area contributed by atoms with E-state index >= 15 is 0 Å². The summed E-state index contributed by atoms with van der Waals surface area (Å²) in [5, 5.41) is 11.6. The number of hydrogen-bond acceptors (Lipinski definition) is 6. The zero-order valence-electron chi connectivity index (χ0n) is 18.0. The van der Waals surface area contributed by atoms with Crippen molar-refractivity contribution in [3.8, 4) is 0 Å². The number of morpholine rings is 1. The Morgan fingerprint density at radius 3 is 2.62 bits per heavy atom. The van der Waals surface area contributed by atoms with E-state index in [1.165, 1.54) is 4.88 Å². The van der Waals surface area contributed by atoms with Crippen molar-refractivity contribution < 1.29 is 14.3 Å². The zero-order valence-corrected chi connectivity index (χ0v) is 18.8. The van der Waals surface area contributed by atoms with Crippen LogP contribution in [0.2, 0.25) is 0 Å².